The molecular formula is C21H32N4OS. The second kappa shape index (κ2) is 9.40. The fraction of sp³-hybridized carbons (Fsp3) is 0.571. The third kappa shape index (κ3) is 5.83. The van der Waals surface area contributed by atoms with Gasteiger partial charge in [0, 0.05) is 18.2 Å². The van der Waals surface area contributed by atoms with E-state index in [2.05, 4.69) is 79.0 Å². The minimum atomic E-state index is 0.0442. The maximum Gasteiger partial charge on any atom is 0.230 e. The van der Waals surface area contributed by atoms with E-state index in [9.17, 15) is 4.79 Å². The zero-order valence-electron chi connectivity index (χ0n) is 17.4. The van der Waals surface area contributed by atoms with Crippen LogP contribution < -0.4 is 5.32 Å². The van der Waals surface area contributed by atoms with Gasteiger partial charge in [0.1, 0.15) is 0 Å². The minimum Gasteiger partial charge on any atom is -0.353 e. The highest BCUT2D eigenvalue weighted by molar-refractivity contribution is 7.99. The maximum absolute atomic E-state index is 12.1. The van der Waals surface area contributed by atoms with Crippen molar-refractivity contribution in [2.45, 2.75) is 77.5 Å². The lowest BCUT2D eigenvalue weighted by molar-refractivity contribution is -0.119. The van der Waals surface area contributed by atoms with Crippen molar-refractivity contribution in [1.29, 1.82) is 0 Å². The maximum atomic E-state index is 12.1. The minimum absolute atomic E-state index is 0.0442. The number of thioether (sulfide) groups is 1. The molecule has 0 aliphatic heterocycles. The van der Waals surface area contributed by atoms with Crippen molar-refractivity contribution in [1.82, 2.24) is 20.1 Å². The summed E-state index contributed by atoms with van der Waals surface area (Å²) >= 11 is 1.44. The molecule has 0 bridgehead atoms. The number of rotatable bonds is 8. The van der Waals surface area contributed by atoms with Crippen molar-refractivity contribution in [3.05, 3.63) is 29.8 Å². The van der Waals surface area contributed by atoms with Crippen LogP contribution in [-0.2, 0) is 16.8 Å². The topological polar surface area (TPSA) is 59.8 Å². The molecule has 0 saturated carbocycles. The average Bonchev–Trinajstić information content (AvgIpc) is 3.02. The first kappa shape index (κ1) is 21.5. The van der Waals surface area contributed by atoms with Crippen LogP contribution in [0.2, 0.25) is 0 Å². The summed E-state index contributed by atoms with van der Waals surface area (Å²) in [7, 11) is 0. The second-order valence-electron chi connectivity index (χ2n) is 7.92. The Balaban J connectivity index is 2.09. The summed E-state index contributed by atoms with van der Waals surface area (Å²) in [5, 5.41) is 12.5. The third-order valence-electron chi connectivity index (χ3n) is 4.50. The van der Waals surface area contributed by atoms with Crippen molar-refractivity contribution in [2.24, 2.45) is 0 Å². The van der Waals surface area contributed by atoms with Crippen LogP contribution in [0.4, 0.5) is 0 Å². The normalized spacial score (nSPS) is 12.8. The number of carbonyl (C=O) groups excluding carboxylic acids is 1. The molecule has 0 aliphatic carbocycles. The fourth-order valence-corrected chi connectivity index (χ4v) is 3.78. The van der Waals surface area contributed by atoms with E-state index in [1.807, 2.05) is 6.92 Å². The number of hydrogen-bond donors (Lipinski definition) is 1. The lowest BCUT2D eigenvalue weighted by Crippen LogP contribution is -2.33. The molecule has 27 heavy (non-hydrogen) atoms. The van der Waals surface area contributed by atoms with Crippen LogP contribution in [0, 0.1) is 0 Å². The quantitative estimate of drug-likeness (QED) is 0.668. The van der Waals surface area contributed by atoms with Gasteiger partial charge in [-0.25, -0.2) is 0 Å². The first-order valence-corrected chi connectivity index (χ1v) is 10.7. The molecular weight excluding hydrogens is 356 g/mol. The molecule has 1 heterocycles. The van der Waals surface area contributed by atoms with Crippen LogP contribution in [0.1, 0.15) is 59.9 Å². The van der Waals surface area contributed by atoms with Crippen LogP contribution in [0.15, 0.2) is 29.4 Å². The largest absolute Gasteiger partial charge is 0.353 e. The molecule has 1 aromatic heterocycles. The highest BCUT2D eigenvalue weighted by atomic mass is 32.2. The lowest BCUT2D eigenvalue weighted by atomic mass is 9.87. The number of nitrogens with one attached hydrogen (secondary N) is 1. The summed E-state index contributed by atoms with van der Waals surface area (Å²) in [6.45, 7) is 13.6. The number of amides is 1. The van der Waals surface area contributed by atoms with Gasteiger partial charge in [0.05, 0.1) is 5.75 Å². The highest BCUT2D eigenvalue weighted by Crippen LogP contribution is 2.27. The number of nitrogens with zero attached hydrogens (tertiary/aromatic N) is 3. The molecule has 1 amide bonds. The van der Waals surface area contributed by atoms with E-state index < -0.39 is 0 Å². The standard InChI is InChI=1S/C21H32N4OS/c1-7-9-15(3)22-18(26)14-27-20-24-23-19(25(20)8-2)16-10-12-17(13-11-16)21(4,5)6/h10-13,15H,7-9,14H2,1-6H3,(H,22,26). The van der Waals surface area contributed by atoms with E-state index in [1.165, 1.54) is 17.3 Å². The molecule has 1 unspecified atom stereocenters. The van der Waals surface area contributed by atoms with Crippen molar-refractivity contribution >= 4 is 17.7 Å². The highest BCUT2D eigenvalue weighted by Gasteiger charge is 2.17. The Morgan fingerprint density at radius 3 is 2.41 bits per heavy atom. The number of aromatic nitrogens is 3. The average molecular weight is 389 g/mol. The Bertz CT molecular complexity index is 747. The van der Waals surface area contributed by atoms with Gasteiger partial charge in [-0.1, -0.05) is 70.1 Å². The monoisotopic (exact) mass is 388 g/mol. The summed E-state index contributed by atoms with van der Waals surface area (Å²) in [6.07, 6.45) is 2.06. The molecule has 2 rings (SSSR count). The Kier molecular flexibility index (Phi) is 7.48. The van der Waals surface area contributed by atoms with Gasteiger partial charge in [-0.2, -0.15) is 0 Å². The molecule has 1 atom stereocenters. The van der Waals surface area contributed by atoms with Crippen molar-refractivity contribution in [3.8, 4) is 11.4 Å². The van der Waals surface area contributed by atoms with Crippen LogP contribution in [0.25, 0.3) is 11.4 Å². The molecule has 0 fully saturated rings. The van der Waals surface area contributed by atoms with Gasteiger partial charge in [-0.3, -0.25) is 4.79 Å². The Morgan fingerprint density at radius 1 is 1.19 bits per heavy atom. The van der Waals surface area contributed by atoms with Gasteiger partial charge in [-0.15, -0.1) is 10.2 Å². The summed E-state index contributed by atoms with van der Waals surface area (Å²) in [4.78, 5) is 12.1. The fourth-order valence-electron chi connectivity index (χ4n) is 2.97. The Hall–Kier alpha value is -1.82. The predicted octanol–water partition coefficient (Wildman–Crippen LogP) is 4.66. The molecule has 6 heteroatoms. The van der Waals surface area contributed by atoms with Crippen LogP contribution in [-0.4, -0.2) is 32.5 Å². The first-order valence-electron chi connectivity index (χ1n) is 9.72. The summed E-state index contributed by atoms with van der Waals surface area (Å²) < 4.78 is 2.07. The molecule has 1 N–H and O–H groups in total. The Labute approximate surface area is 167 Å². The van der Waals surface area contributed by atoms with Crippen molar-refractivity contribution < 1.29 is 4.79 Å². The van der Waals surface area contributed by atoms with Gasteiger partial charge >= 0.3 is 0 Å². The molecule has 0 radical (unpaired) electrons. The zero-order valence-corrected chi connectivity index (χ0v) is 18.2. The van der Waals surface area contributed by atoms with Crippen LogP contribution in [0.3, 0.4) is 0 Å². The van der Waals surface area contributed by atoms with Gasteiger partial charge in [-0.05, 0) is 31.2 Å². The van der Waals surface area contributed by atoms with Crippen LogP contribution >= 0.6 is 11.8 Å². The van der Waals surface area contributed by atoms with Crippen LogP contribution in [0.5, 0.6) is 0 Å². The molecule has 2 aromatic rings. The summed E-state index contributed by atoms with van der Waals surface area (Å²) in [6, 6.07) is 8.72. The number of carbonyl (C=O) groups is 1. The van der Waals surface area contributed by atoms with E-state index in [0.717, 1.165) is 35.9 Å². The van der Waals surface area contributed by atoms with E-state index in [0.29, 0.717) is 5.75 Å². The van der Waals surface area contributed by atoms with Gasteiger partial charge in [0.25, 0.3) is 0 Å². The van der Waals surface area contributed by atoms with Crippen molar-refractivity contribution in [2.75, 3.05) is 5.75 Å². The summed E-state index contributed by atoms with van der Waals surface area (Å²) in [5.74, 6) is 1.25. The van der Waals surface area contributed by atoms with E-state index in [-0.39, 0.29) is 17.4 Å². The summed E-state index contributed by atoms with van der Waals surface area (Å²) in [5.41, 5.74) is 2.46. The molecule has 148 valence electrons. The first-order chi connectivity index (χ1) is 12.8. The second-order valence-corrected chi connectivity index (χ2v) is 8.87. The SMILES string of the molecule is CCCC(C)NC(=O)CSc1nnc(-c2ccc(C(C)(C)C)cc2)n1CC. The molecule has 0 spiro atoms. The predicted molar refractivity (Wildman–Crippen MR) is 113 cm³/mol. The molecule has 0 saturated heterocycles. The molecule has 1 aromatic carbocycles. The van der Waals surface area contributed by atoms with E-state index in [4.69, 9.17) is 0 Å². The molecule has 5 nitrogen and oxygen atoms in total. The smallest absolute Gasteiger partial charge is 0.230 e. The lowest BCUT2D eigenvalue weighted by Gasteiger charge is -2.19. The number of benzene rings is 1. The zero-order chi connectivity index (χ0) is 20.0. The van der Waals surface area contributed by atoms with Gasteiger partial charge < -0.3 is 9.88 Å². The third-order valence-corrected chi connectivity index (χ3v) is 5.47. The van der Waals surface area contributed by atoms with E-state index >= 15 is 0 Å². The molecule has 0 aliphatic rings. The number of hydrogen-bond acceptors (Lipinski definition) is 4. The Morgan fingerprint density at radius 2 is 1.85 bits per heavy atom. The van der Waals surface area contributed by atoms with E-state index in [1.54, 1.807) is 0 Å². The van der Waals surface area contributed by atoms with Gasteiger partial charge in [0.15, 0.2) is 11.0 Å². The van der Waals surface area contributed by atoms with Gasteiger partial charge in [0.2, 0.25) is 5.91 Å². The van der Waals surface area contributed by atoms with Crippen molar-refractivity contribution in [3.63, 3.8) is 0 Å².